The minimum atomic E-state index is 0.513. The third kappa shape index (κ3) is 3.23. The highest BCUT2D eigenvalue weighted by Crippen LogP contribution is 2.31. The number of anilines is 1. The van der Waals surface area contributed by atoms with Crippen LogP contribution in [0, 0.1) is 0 Å². The first-order chi connectivity index (χ1) is 11.7. The van der Waals surface area contributed by atoms with Gasteiger partial charge in [0.05, 0.1) is 18.6 Å². The summed E-state index contributed by atoms with van der Waals surface area (Å²) < 4.78 is 5.40. The van der Waals surface area contributed by atoms with Crippen LogP contribution in [0.1, 0.15) is 4.88 Å². The number of morpholine rings is 1. The van der Waals surface area contributed by atoms with E-state index in [2.05, 4.69) is 20.9 Å². The largest absolute Gasteiger partial charge is 0.383 e. The highest BCUT2D eigenvalue weighted by Gasteiger charge is 2.15. The second kappa shape index (κ2) is 6.64. The van der Waals surface area contributed by atoms with Crippen LogP contribution in [-0.4, -0.2) is 41.2 Å². The third-order valence-electron chi connectivity index (χ3n) is 4.04. The van der Waals surface area contributed by atoms with Gasteiger partial charge in [-0.2, -0.15) is 0 Å². The van der Waals surface area contributed by atoms with E-state index < -0.39 is 0 Å². The monoisotopic (exact) mass is 360 g/mol. The molecule has 1 fully saturated rings. The van der Waals surface area contributed by atoms with Crippen molar-refractivity contribution in [1.82, 2.24) is 14.9 Å². The van der Waals surface area contributed by atoms with E-state index in [9.17, 15) is 0 Å². The van der Waals surface area contributed by atoms with E-state index in [1.807, 2.05) is 24.3 Å². The van der Waals surface area contributed by atoms with Gasteiger partial charge in [-0.1, -0.05) is 23.7 Å². The van der Waals surface area contributed by atoms with Crippen molar-refractivity contribution in [2.75, 3.05) is 32.0 Å². The number of hydrogen-bond acceptors (Lipinski definition) is 6. The third-order valence-corrected chi connectivity index (χ3v) is 5.29. The first-order valence-corrected chi connectivity index (χ1v) is 9.00. The molecule has 0 amide bonds. The molecule has 1 aliphatic rings. The van der Waals surface area contributed by atoms with Crippen LogP contribution in [0.2, 0.25) is 5.02 Å². The molecule has 0 saturated carbocycles. The normalized spacial score (nSPS) is 15.9. The average Bonchev–Trinajstić information content (AvgIpc) is 2.99. The summed E-state index contributed by atoms with van der Waals surface area (Å²) in [5.41, 5.74) is 7.04. The van der Waals surface area contributed by atoms with Gasteiger partial charge < -0.3 is 10.5 Å². The molecule has 124 valence electrons. The molecule has 0 aliphatic carbocycles. The predicted molar refractivity (Wildman–Crippen MR) is 98.4 cm³/mol. The fourth-order valence-electron chi connectivity index (χ4n) is 2.81. The number of ether oxygens (including phenoxy) is 1. The second-order valence-electron chi connectivity index (χ2n) is 5.76. The smallest absolute Gasteiger partial charge is 0.163 e. The first kappa shape index (κ1) is 15.8. The molecule has 0 spiro atoms. The highest BCUT2D eigenvalue weighted by molar-refractivity contribution is 7.18. The van der Waals surface area contributed by atoms with Crippen LogP contribution in [0.3, 0.4) is 0 Å². The van der Waals surface area contributed by atoms with Crippen LogP contribution in [0.15, 0.2) is 30.3 Å². The van der Waals surface area contributed by atoms with Crippen molar-refractivity contribution in [3.8, 4) is 11.4 Å². The summed E-state index contributed by atoms with van der Waals surface area (Å²) in [6, 6.07) is 9.61. The van der Waals surface area contributed by atoms with E-state index >= 15 is 0 Å². The lowest BCUT2D eigenvalue weighted by atomic mass is 10.2. The van der Waals surface area contributed by atoms with Gasteiger partial charge in [0.15, 0.2) is 5.82 Å². The molecule has 3 aromatic rings. The van der Waals surface area contributed by atoms with Crippen LogP contribution in [0.5, 0.6) is 0 Å². The van der Waals surface area contributed by atoms with Crippen molar-refractivity contribution in [1.29, 1.82) is 0 Å². The standard InChI is InChI=1S/C17H17ClN4OS/c18-12-3-1-2-11(8-12)16-20-15(19)14-9-13(24-17(14)21-16)10-22-4-6-23-7-5-22/h1-3,8-9H,4-7,10H2,(H2,19,20,21). The quantitative estimate of drug-likeness (QED) is 0.775. The van der Waals surface area contributed by atoms with E-state index in [-0.39, 0.29) is 0 Å². The van der Waals surface area contributed by atoms with Crippen LogP contribution in [0.25, 0.3) is 21.6 Å². The van der Waals surface area contributed by atoms with Gasteiger partial charge in [0.2, 0.25) is 0 Å². The van der Waals surface area contributed by atoms with E-state index in [0.717, 1.165) is 48.6 Å². The lowest BCUT2D eigenvalue weighted by molar-refractivity contribution is 0.0346. The maximum absolute atomic E-state index is 6.17. The Morgan fingerprint density at radius 1 is 1.21 bits per heavy atom. The molecule has 2 N–H and O–H groups in total. The van der Waals surface area contributed by atoms with Crippen LogP contribution in [-0.2, 0) is 11.3 Å². The topological polar surface area (TPSA) is 64.3 Å². The SMILES string of the molecule is Nc1nc(-c2cccc(Cl)c2)nc2sc(CN3CCOCC3)cc12. The molecule has 4 rings (SSSR count). The Morgan fingerprint density at radius 2 is 2.04 bits per heavy atom. The number of fused-ring (bicyclic) bond motifs is 1. The van der Waals surface area contributed by atoms with Crippen molar-refractivity contribution in [3.05, 3.63) is 40.2 Å². The van der Waals surface area contributed by atoms with Crippen molar-refractivity contribution >= 4 is 39.0 Å². The second-order valence-corrected chi connectivity index (χ2v) is 7.31. The first-order valence-electron chi connectivity index (χ1n) is 7.81. The van der Waals surface area contributed by atoms with Gasteiger partial charge in [0, 0.05) is 35.1 Å². The van der Waals surface area contributed by atoms with E-state index in [4.69, 9.17) is 22.1 Å². The predicted octanol–water partition coefficient (Wildman–Crippen LogP) is 3.43. The molecular weight excluding hydrogens is 344 g/mol. The van der Waals surface area contributed by atoms with E-state index in [1.54, 1.807) is 11.3 Å². The molecule has 0 bridgehead atoms. The van der Waals surface area contributed by atoms with Gasteiger partial charge in [-0.25, -0.2) is 9.97 Å². The Bertz CT molecular complexity index is 876. The molecule has 0 atom stereocenters. The van der Waals surface area contributed by atoms with E-state index in [0.29, 0.717) is 16.7 Å². The van der Waals surface area contributed by atoms with Crippen molar-refractivity contribution in [2.24, 2.45) is 0 Å². The van der Waals surface area contributed by atoms with Gasteiger partial charge in [0.1, 0.15) is 10.6 Å². The molecule has 1 saturated heterocycles. The molecule has 0 unspecified atom stereocenters. The molecule has 1 aliphatic heterocycles. The van der Waals surface area contributed by atoms with Gasteiger partial charge in [-0.15, -0.1) is 11.3 Å². The van der Waals surface area contributed by atoms with Gasteiger partial charge in [-0.05, 0) is 18.2 Å². The summed E-state index contributed by atoms with van der Waals surface area (Å²) in [7, 11) is 0. The van der Waals surface area contributed by atoms with Crippen molar-refractivity contribution < 1.29 is 4.74 Å². The molecule has 3 heterocycles. The number of aromatic nitrogens is 2. The molecule has 1 aromatic carbocycles. The zero-order chi connectivity index (χ0) is 16.5. The van der Waals surface area contributed by atoms with Crippen LogP contribution >= 0.6 is 22.9 Å². The molecule has 7 heteroatoms. The zero-order valence-electron chi connectivity index (χ0n) is 13.0. The van der Waals surface area contributed by atoms with Crippen molar-refractivity contribution in [3.63, 3.8) is 0 Å². The molecule has 5 nitrogen and oxygen atoms in total. The van der Waals surface area contributed by atoms with Gasteiger partial charge >= 0.3 is 0 Å². The molecule has 24 heavy (non-hydrogen) atoms. The maximum atomic E-state index is 6.17. The van der Waals surface area contributed by atoms with Crippen molar-refractivity contribution in [2.45, 2.75) is 6.54 Å². The maximum Gasteiger partial charge on any atom is 0.163 e. The summed E-state index contributed by atoms with van der Waals surface area (Å²) in [4.78, 5) is 13.7. The number of thiophene rings is 1. The Kier molecular flexibility index (Phi) is 4.37. The van der Waals surface area contributed by atoms with Crippen LogP contribution < -0.4 is 5.73 Å². The van der Waals surface area contributed by atoms with Crippen LogP contribution in [0.4, 0.5) is 5.82 Å². The number of nitrogens with zero attached hydrogens (tertiary/aromatic N) is 3. The van der Waals surface area contributed by atoms with Gasteiger partial charge in [-0.3, -0.25) is 4.90 Å². The summed E-state index contributed by atoms with van der Waals surface area (Å²) >= 11 is 7.74. The lowest BCUT2D eigenvalue weighted by Gasteiger charge is -2.25. The highest BCUT2D eigenvalue weighted by atomic mass is 35.5. The number of nitrogens with two attached hydrogens (primary N) is 1. The Hall–Kier alpha value is -1.73. The molecular formula is C17H17ClN4OS. The Balaban J connectivity index is 1.67. The summed E-state index contributed by atoms with van der Waals surface area (Å²) in [5, 5.41) is 1.59. The summed E-state index contributed by atoms with van der Waals surface area (Å²) in [6.07, 6.45) is 0. The minimum Gasteiger partial charge on any atom is -0.383 e. The number of hydrogen-bond donors (Lipinski definition) is 1. The van der Waals surface area contributed by atoms with E-state index in [1.165, 1.54) is 4.88 Å². The Morgan fingerprint density at radius 3 is 2.83 bits per heavy atom. The number of rotatable bonds is 3. The lowest BCUT2D eigenvalue weighted by Crippen LogP contribution is -2.35. The van der Waals surface area contributed by atoms with Gasteiger partial charge in [0.25, 0.3) is 0 Å². The molecule has 0 radical (unpaired) electrons. The molecule has 2 aromatic heterocycles. The number of halogens is 1. The fourth-order valence-corrected chi connectivity index (χ4v) is 4.08. The summed E-state index contributed by atoms with van der Waals surface area (Å²) in [6.45, 7) is 4.42. The summed E-state index contributed by atoms with van der Waals surface area (Å²) in [5.74, 6) is 1.13. The fraction of sp³-hybridized carbons (Fsp3) is 0.294. The minimum absolute atomic E-state index is 0.513. The number of benzene rings is 1. The average molecular weight is 361 g/mol. The number of nitrogen functional groups attached to an aromatic ring is 1. The Labute approximate surface area is 149 Å². The zero-order valence-corrected chi connectivity index (χ0v) is 14.6.